The van der Waals surface area contributed by atoms with Crippen LogP contribution in [0.5, 0.6) is 0 Å². The van der Waals surface area contributed by atoms with Crippen molar-refractivity contribution in [1.29, 1.82) is 0 Å². The minimum absolute atomic E-state index is 0.0761. The normalized spacial score (nSPS) is 53.4. The molecule has 5 nitrogen and oxygen atoms in total. The number of ether oxygens (including phenoxy) is 1. The molecule has 0 amide bonds. The first kappa shape index (κ1) is 23.2. The summed E-state index contributed by atoms with van der Waals surface area (Å²) in [7, 11) is 0. The van der Waals surface area contributed by atoms with Crippen LogP contribution in [0.1, 0.15) is 91.9 Å². The Hall–Kier alpha value is -0.940. The minimum atomic E-state index is 0.0761. The summed E-state index contributed by atoms with van der Waals surface area (Å²) in [5.41, 5.74) is 4.19. The van der Waals surface area contributed by atoms with Crippen molar-refractivity contribution in [2.75, 3.05) is 19.6 Å². The second kappa shape index (κ2) is 8.28. The van der Waals surface area contributed by atoms with Gasteiger partial charge in [-0.3, -0.25) is 5.01 Å². The van der Waals surface area contributed by atoms with Crippen LogP contribution < -0.4 is 5.32 Å². The van der Waals surface area contributed by atoms with E-state index in [1.54, 1.807) is 5.57 Å². The Kier molecular flexibility index (Phi) is 5.49. The summed E-state index contributed by atoms with van der Waals surface area (Å²) in [5, 5.41) is 15.0. The summed E-state index contributed by atoms with van der Waals surface area (Å²) in [6, 6.07) is 1.21. The molecule has 11 atom stereocenters. The van der Waals surface area contributed by atoms with Crippen LogP contribution in [0.4, 0.5) is 0 Å². The van der Waals surface area contributed by atoms with Gasteiger partial charge in [0.1, 0.15) is 0 Å². The largest absolute Gasteiger partial charge is 0.369 e. The van der Waals surface area contributed by atoms with Crippen LogP contribution in [-0.4, -0.2) is 48.4 Å². The van der Waals surface area contributed by atoms with E-state index in [0.717, 1.165) is 42.7 Å². The van der Waals surface area contributed by atoms with Gasteiger partial charge < -0.3 is 10.1 Å². The van der Waals surface area contributed by atoms with E-state index in [1.165, 1.54) is 70.8 Å². The Bertz CT molecular complexity index is 916. The molecule has 3 aliphatic heterocycles. The third-order valence-electron chi connectivity index (χ3n) is 12.6. The van der Waals surface area contributed by atoms with Gasteiger partial charge in [-0.05, 0) is 113 Å². The number of hydrogen-bond donors (Lipinski definition) is 1. The second-order valence-corrected chi connectivity index (χ2v) is 14.2. The van der Waals surface area contributed by atoms with E-state index in [-0.39, 0.29) is 5.60 Å². The van der Waals surface area contributed by atoms with Gasteiger partial charge >= 0.3 is 0 Å². The standard InChI is InChI=1S/C30H48N4O/c1-18-13-27-28(31-17-18)20(3)30(35-27)10-8-23-24-6-5-21-14-22(34-12-11-32-33-34)7-9-29(21,4)26(24)15-25(23)19(2)16-30/h18,20-24,26-28,31H,5-17H2,1-4H3. The van der Waals surface area contributed by atoms with E-state index in [2.05, 4.69) is 48.4 Å². The Morgan fingerprint density at radius 3 is 2.80 bits per heavy atom. The molecule has 4 aliphatic carbocycles. The zero-order valence-electron chi connectivity index (χ0n) is 22.6. The average molecular weight is 481 g/mol. The molecule has 35 heavy (non-hydrogen) atoms. The molecule has 0 bridgehead atoms. The van der Waals surface area contributed by atoms with Crippen molar-refractivity contribution in [2.45, 2.75) is 116 Å². The van der Waals surface area contributed by atoms with Crippen LogP contribution in [0.25, 0.3) is 0 Å². The van der Waals surface area contributed by atoms with Crippen molar-refractivity contribution in [1.82, 2.24) is 10.3 Å². The predicted molar refractivity (Wildman–Crippen MR) is 139 cm³/mol. The van der Waals surface area contributed by atoms with E-state index >= 15 is 0 Å². The summed E-state index contributed by atoms with van der Waals surface area (Å²) in [6.07, 6.45) is 13.8. The van der Waals surface area contributed by atoms with E-state index < -0.39 is 0 Å². The number of hydrogen-bond acceptors (Lipinski definition) is 5. The highest BCUT2D eigenvalue weighted by Gasteiger charge is 2.59. The highest BCUT2D eigenvalue weighted by atomic mass is 16.5. The molecule has 0 aromatic heterocycles. The average Bonchev–Trinajstić information content (AvgIpc) is 3.53. The molecule has 0 aromatic carbocycles. The lowest BCUT2D eigenvalue weighted by molar-refractivity contribution is -0.0763. The summed E-state index contributed by atoms with van der Waals surface area (Å²) in [6.45, 7) is 13.2. The van der Waals surface area contributed by atoms with E-state index in [1.807, 2.05) is 5.57 Å². The molecule has 7 aliphatic rings. The van der Waals surface area contributed by atoms with Gasteiger partial charge in [-0.15, -0.1) is 0 Å². The molecule has 3 saturated carbocycles. The van der Waals surface area contributed by atoms with Crippen molar-refractivity contribution < 1.29 is 4.74 Å². The van der Waals surface area contributed by atoms with Gasteiger partial charge in [-0.1, -0.05) is 37.1 Å². The summed E-state index contributed by atoms with van der Waals surface area (Å²) < 4.78 is 7.08. The highest BCUT2D eigenvalue weighted by molar-refractivity contribution is 5.29. The van der Waals surface area contributed by atoms with Gasteiger partial charge in [-0.2, -0.15) is 5.11 Å². The smallest absolute Gasteiger partial charge is 0.0813 e. The number of allylic oxidation sites excluding steroid dienone is 1. The molecule has 11 unspecified atom stereocenters. The number of nitrogens with zero attached hydrogens (tertiary/aromatic N) is 3. The highest BCUT2D eigenvalue weighted by Crippen LogP contribution is 2.65. The fourth-order valence-electron chi connectivity index (χ4n) is 10.6. The van der Waals surface area contributed by atoms with Crippen LogP contribution in [0.2, 0.25) is 0 Å². The molecule has 5 fully saturated rings. The minimum Gasteiger partial charge on any atom is -0.369 e. The lowest BCUT2D eigenvalue weighted by Gasteiger charge is -2.54. The monoisotopic (exact) mass is 480 g/mol. The summed E-state index contributed by atoms with van der Waals surface area (Å²) in [4.78, 5) is 0. The number of fused-ring (bicyclic) bond motifs is 6. The Morgan fingerprint density at radius 2 is 1.97 bits per heavy atom. The van der Waals surface area contributed by atoms with Gasteiger partial charge in [0.15, 0.2) is 0 Å². The molecule has 3 heterocycles. The van der Waals surface area contributed by atoms with Crippen LogP contribution in [0.15, 0.2) is 21.5 Å². The van der Waals surface area contributed by atoms with Crippen molar-refractivity contribution >= 4 is 0 Å². The van der Waals surface area contributed by atoms with Crippen LogP contribution in [-0.2, 0) is 4.74 Å². The topological polar surface area (TPSA) is 49.2 Å². The molecule has 194 valence electrons. The van der Waals surface area contributed by atoms with Crippen molar-refractivity contribution in [3.8, 4) is 0 Å². The Labute approximate surface area is 212 Å². The molecule has 0 aromatic rings. The van der Waals surface area contributed by atoms with E-state index in [4.69, 9.17) is 4.74 Å². The molecule has 2 saturated heterocycles. The lowest BCUT2D eigenvalue weighted by atomic mass is 9.52. The third-order valence-corrected chi connectivity index (χ3v) is 12.6. The summed E-state index contributed by atoms with van der Waals surface area (Å²) >= 11 is 0. The maximum atomic E-state index is 7.08. The van der Waals surface area contributed by atoms with Gasteiger partial charge in [0, 0.05) is 18.0 Å². The van der Waals surface area contributed by atoms with E-state index in [0.29, 0.717) is 29.5 Å². The summed E-state index contributed by atoms with van der Waals surface area (Å²) in [5.74, 6) is 4.88. The molecule has 0 radical (unpaired) electrons. The first-order valence-corrected chi connectivity index (χ1v) is 15.1. The Morgan fingerprint density at radius 1 is 1.09 bits per heavy atom. The maximum Gasteiger partial charge on any atom is 0.0813 e. The van der Waals surface area contributed by atoms with Gasteiger partial charge in [0.2, 0.25) is 0 Å². The molecular weight excluding hydrogens is 432 g/mol. The Balaban J connectivity index is 1.12. The SMILES string of the molecule is CC1=C2CC3C(CCC4CC(N5CCN=N5)CCC43C)C2CCC2(C1)OC1CC(C)CNC1C2C. The lowest BCUT2D eigenvalue weighted by Crippen LogP contribution is -2.49. The second-order valence-electron chi connectivity index (χ2n) is 14.2. The van der Waals surface area contributed by atoms with Crippen LogP contribution >= 0.6 is 0 Å². The molecule has 5 heteroatoms. The van der Waals surface area contributed by atoms with Crippen LogP contribution in [0, 0.1) is 40.9 Å². The zero-order valence-corrected chi connectivity index (χ0v) is 22.6. The van der Waals surface area contributed by atoms with Gasteiger partial charge in [-0.25, -0.2) is 0 Å². The molecule has 7 rings (SSSR count). The number of nitrogens with one attached hydrogen (secondary N) is 1. The maximum absolute atomic E-state index is 7.08. The molecular formula is C30H48N4O. The third kappa shape index (κ3) is 3.46. The van der Waals surface area contributed by atoms with Crippen molar-refractivity contribution in [3.05, 3.63) is 11.1 Å². The quantitative estimate of drug-likeness (QED) is 0.457. The number of piperidine rings is 1. The van der Waals surface area contributed by atoms with Gasteiger partial charge in [0.05, 0.1) is 24.8 Å². The van der Waals surface area contributed by atoms with Gasteiger partial charge in [0.25, 0.3) is 0 Å². The first-order valence-electron chi connectivity index (χ1n) is 15.1. The zero-order chi connectivity index (χ0) is 23.9. The first-order chi connectivity index (χ1) is 16.9. The molecule has 1 spiro atoms. The fourth-order valence-corrected chi connectivity index (χ4v) is 10.6. The van der Waals surface area contributed by atoms with Crippen LogP contribution in [0.3, 0.4) is 0 Å². The van der Waals surface area contributed by atoms with Crippen molar-refractivity contribution in [2.24, 2.45) is 51.3 Å². The fraction of sp³-hybridized carbons (Fsp3) is 0.933. The number of rotatable bonds is 1. The van der Waals surface area contributed by atoms with Crippen molar-refractivity contribution in [3.63, 3.8) is 0 Å². The predicted octanol–water partition coefficient (Wildman–Crippen LogP) is 6.16. The molecule has 1 N–H and O–H groups in total. The van der Waals surface area contributed by atoms with E-state index in [9.17, 15) is 0 Å².